The molecule has 3 heteroatoms. The summed E-state index contributed by atoms with van der Waals surface area (Å²) < 4.78 is 0. The average Bonchev–Trinajstić information content (AvgIpc) is 1.90. The molecule has 1 rings (SSSR count). The largest absolute Gasteiger partial charge is 0.344 e. The molecule has 1 saturated heterocycles. The molecule has 1 heterocycles. The van der Waals surface area contributed by atoms with Gasteiger partial charge in [0.1, 0.15) is 0 Å². The highest BCUT2D eigenvalue weighted by Crippen LogP contribution is 1.90. The second-order valence-corrected chi connectivity index (χ2v) is 2.26. The highest BCUT2D eigenvalue weighted by Gasteiger charge is 2.07. The molecule has 0 aromatic rings. The SMILES string of the molecule is CCC1CNCCN1.N. The minimum absolute atomic E-state index is 0. The zero-order valence-electron chi connectivity index (χ0n) is 6.11. The summed E-state index contributed by atoms with van der Waals surface area (Å²) in [6.45, 7) is 5.64. The quantitative estimate of drug-likeness (QED) is 0.473. The third-order valence-corrected chi connectivity index (χ3v) is 1.62. The van der Waals surface area contributed by atoms with E-state index in [0.29, 0.717) is 0 Å². The van der Waals surface area contributed by atoms with Crippen molar-refractivity contribution in [3.63, 3.8) is 0 Å². The molecule has 0 saturated carbocycles. The smallest absolute Gasteiger partial charge is 0.0190 e. The fourth-order valence-electron chi connectivity index (χ4n) is 1.00. The predicted octanol–water partition coefficient (Wildman–Crippen LogP) is 0.120. The second-order valence-electron chi connectivity index (χ2n) is 2.26. The molecular formula is C6H17N3. The maximum absolute atomic E-state index is 3.41. The van der Waals surface area contributed by atoms with Gasteiger partial charge in [0.05, 0.1) is 0 Å². The minimum atomic E-state index is 0. The maximum Gasteiger partial charge on any atom is 0.0190 e. The molecule has 1 fully saturated rings. The molecule has 0 aliphatic carbocycles. The molecule has 0 amide bonds. The first-order chi connectivity index (χ1) is 3.93. The number of hydrogen-bond acceptors (Lipinski definition) is 3. The summed E-state index contributed by atoms with van der Waals surface area (Å²) in [6, 6.07) is 0.726. The Morgan fingerprint density at radius 1 is 1.44 bits per heavy atom. The van der Waals surface area contributed by atoms with Gasteiger partial charge in [-0.2, -0.15) is 0 Å². The van der Waals surface area contributed by atoms with E-state index < -0.39 is 0 Å². The highest BCUT2D eigenvalue weighted by atomic mass is 15.0. The molecule has 56 valence electrons. The summed E-state index contributed by atoms with van der Waals surface area (Å²) in [7, 11) is 0. The van der Waals surface area contributed by atoms with Gasteiger partial charge in [-0.05, 0) is 6.42 Å². The summed E-state index contributed by atoms with van der Waals surface area (Å²) in [5, 5.41) is 6.73. The van der Waals surface area contributed by atoms with E-state index in [0.717, 1.165) is 25.7 Å². The van der Waals surface area contributed by atoms with Gasteiger partial charge >= 0.3 is 0 Å². The lowest BCUT2D eigenvalue weighted by molar-refractivity contribution is 0.410. The fourth-order valence-corrected chi connectivity index (χ4v) is 1.00. The third-order valence-electron chi connectivity index (χ3n) is 1.62. The van der Waals surface area contributed by atoms with Crippen LogP contribution in [0.5, 0.6) is 0 Å². The Bertz CT molecular complexity index is 59.3. The molecule has 0 spiro atoms. The summed E-state index contributed by atoms with van der Waals surface area (Å²) in [5.74, 6) is 0. The molecule has 0 bridgehead atoms. The maximum atomic E-state index is 3.41. The van der Waals surface area contributed by atoms with Crippen LogP contribution in [0.4, 0.5) is 0 Å². The van der Waals surface area contributed by atoms with Crippen molar-refractivity contribution < 1.29 is 0 Å². The van der Waals surface area contributed by atoms with Crippen LogP contribution in [0.2, 0.25) is 0 Å². The number of piperazine rings is 1. The molecular weight excluding hydrogens is 114 g/mol. The van der Waals surface area contributed by atoms with E-state index >= 15 is 0 Å². The average molecular weight is 131 g/mol. The normalized spacial score (nSPS) is 27.0. The van der Waals surface area contributed by atoms with Crippen LogP contribution in [0.3, 0.4) is 0 Å². The first kappa shape index (κ1) is 8.88. The standard InChI is InChI=1S/C6H14N2.H3N/c1-2-6-5-7-3-4-8-6;/h6-8H,2-5H2,1H3;1H3. The van der Waals surface area contributed by atoms with Gasteiger partial charge < -0.3 is 16.8 Å². The molecule has 1 unspecified atom stereocenters. The third kappa shape index (κ3) is 2.79. The van der Waals surface area contributed by atoms with Gasteiger partial charge in [0, 0.05) is 25.7 Å². The van der Waals surface area contributed by atoms with E-state index in [2.05, 4.69) is 17.6 Å². The molecule has 9 heavy (non-hydrogen) atoms. The molecule has 0 radical (unpaired) electrons. The number of rotatable bonds is 1. The first-order valence-electron chi connectivity index (χ1n) is 3.37. The molecule has 3 nitrogen and oxygen atoms in total. The lowest BCUT2D eigenvalue weighted by atomic mass is 10.2. The molecule has 1 atom stereocenters. The number of hydrogen-bond donors (Lipinski definition) is 3. The molecule has 0 aromatic heterocycles. The summed E-state index contributed by atoms with van der Waals surface area (Å²) in [6.07, 6.45) is 1.24. The van der Waals surface area contributed by atoms with Gasteiger partial charge in [0.15, 0.2) is 0 Å². The molecule has 5 N–H and O–H groups in total. The summed E-state index contributed by atoms with van der Waals surface area (Å²) >= 11 is 0. The Labute approximate surface area is 56.8 Å². The van der Waals surface area contributed by atoms with Crippen molar-refractivity contribution in [1.29, 1.82) is 0 Å². The minimum Gasteiger partial charge on any atom is -0.344 e. The van der Waals surface area contributed by atoms with Crippen molar-refractivity contribution in [2.45, 2.75) is 19.4 Å². The fraction of sp³-hybridized carbons (Fsp3) is 1.00. The lowest BCUT2D eigenvalue weighted by Crippen LogP contribution is -2.47. The summed E-state index contributed by atoms with van der Waals surface area (Å²) in [4.78, 5) is 0. The van der Waals surface area contributed by atoms with Crippen molar-refractivity contribution in [3.8, 4) is 0 Å². The molecule has 1 aliphatic heterocycles. The van der Waals surface area contributed by atoms with Gasteiger partial charge in [-0.15, -0.1) is 0 Å². The van der Waals surface area contributed by atoms with Gasteiger partial charge in [0.25, 0.3) is 0 Å². The lowest BCUT2D eigenvalue weighted by Gasteiger charge is -2.22. The van der Waals surface area contributed by atoms with Gasteiger partial charge in [0.2, 0.25) is 0 Å². The van der Waals surface area contributed by atoms with Gasteiger partial charge in [-0.1, -0.05) is 6.92 Å². The molecule has 1 aliphatic rings. The van der Waals surface area contributed by atoms with Gasteiger partial charge in [-0.3, -0.25) is 0 Å². The van der Waals surface area contributed by atoms with Crippen LogP contribution in [0, 0.1) is 0 Å². The van der Waals surface area contributed by atoms with E-state index in [1.54, 1.807) is 0 Å². The Hall–Kier alpha value is -0.120. The van der Waals surface area contributed by atoms with E-state index in [1.807, 2.05) is 0 Å². The monoisotopic (exact) mass is 131 g/mol. The summed E-state index contributed by atoms with van der Waals surface area (Å²) in [5.41, 5.74) is 0. The van der Waals surface area contributed by atoms with Crippen LogP contribution in [-0.2, 0) is 0 Å². The Morgan fingerprint density at radius 3 is 2.56 bits per heavy atom. The predicted molar refractivity (Wildman–Crippen MR) is 40.0 cm³/mol. The van der Waals surface area contributed by atoms with E-state index in [1.165, 1.54) is 6.42 Å². The van der Waals surface area contributed by atoms with Crippen molar-refractivity contribution in [2.24, 2.45) is 0 Å². The van der Waals surface area contributed by atoms with E-state index in [-0.39, 0.29) is 6.15 Å². The zero-order valence-corrected chi connectivity index (χ0v) is 6.11. The van der Waals surface area contributed by atoms with Crippen LogP contribution >= 0.6 is 0 Å². The van der Waals surface area contributed by atoms with Crippen molar-refractivity contribution in [1.82, 2.24) is 16.8 Å². The van der Waals surface area contributed by atoms with Gasteiger partial charge in [-0.25, -0.2) is 0 Å². The number of nitrogens with one attached hydrogen (secondary N) is 2. The van der Waals surface area contributed by atoms with Crippen LogP contribution in [-0.4, -0.2) is 25.7 Å². The van der Waals surface area contributed by atoms with Crippen LogP contribution in [0.25, 0.3) is 0 Å². The molecule has 0 aromatic carbocycles. The highest BCUT2D eigenvalue weighted by molar-refractivity contribution is 4.72. The Kier molecular flexibility index (Phi) is 4.67. The zero-order chi connectivity index (χ0) is 5.82. The van der Waals surface area contributed by atoms with Crippen LogP contribution < -0.4 is 16.8 Å². The van der Waals surface area contributed by atoms with Crippen LogP contribution in [0.1, 0.15) is 13.3 Å². The first-order valence-corrected chi connectivity index (χ1v) is 3.37. The Morgan fingerprint density at radius 2 is 2.22 bits per heavy atom. The topological polar surface area (TPSA) is 59.1 Å². The van der Waals surface area contributed by atoms with Crippen molar-refractivity contribution >= 4 is 0 Å². The van der Waals surface area contributed by atoms with Crippen molar-refractivity contribution in [3.05, 3.63) is 0 Å². The van der Waals surface area contributed by atoms with E-state index in [4.69, 9.17) is 0 Å². The van der Waals surface area contributed by atoms with Crippen LogP contribution in [0.15, 0.2) is 0 Å². The Balaban J connectivity index is 0.000000640. The second kappa shape index (κ2) is 4.73. The van der Waals surface area contributed by atoms with Crippen molar-refractivity contribution in [2.75, 3.05) is 19.6 Å². The van der Waals surface area contributed by atoms with E-state index in [9.17, 15) is 0 Å².